The molecular formula is C16H20N2O2. The largest absolute Gasteiger partial charge is 0.496 e. The van der Waals surface area contributed by atoms with Crippen LogP contribution in [0.2, 0.25) is 0 Å². The first-order chi connectivity index (χ1) is 9.79. The first-order valence-corrected chi connectivity index (χ1v) is 7.05. The van der Waals surface area contributed by atoms with E-state index in [0.29, 0.717) is 12.0 Å². The molecule has 1 N–H and O–H groups in total. The number of nitrogens with zero attached hydrogens (tertiary/aromatic N) is 1. The van der Waals surface area contributed by atoms with Crippen molar-refractivity contribution in [2.75, 3.05) is 25.6 Å². The Bertz CT molecular complexity index is 594. The Morgan fingerprint density at radius 2 is 2.25 bits per heavy atom. The minimum atomic E-state index is 0.349. The SMILES string of the molecule is COc1cccc2c(NC(C)C3CCOC3)nccc12. The van der Waals surface area contributed by atoms with E-state index >= 15 is 0 Å². The van der Waals surface area contributed by atoms with Crippen LogP contribution in [0.15, 0.2) is 30.5 Å². The van der Waals surface area contributed by atoms with Crippen LogP contribution in [0.5, 0.6) is 5.75 Å². The van der Waals surface area contributed by atoms with E-state index in [1.54, 1.807) is 7.11 Å². The molecule has 2 atom stereocenters. The Kier molecular flexibility index (Phi) is 3.74. The molecule has 3 rings (SSSR count). The van der Waals surface area contributed by atoms with Crippen molar-refractivity contribution in [1.29, 1.82) is 0 Å². The third-order valence-corrected chi connectivity index (χ3v) is 4.02. The number of rotatable bonds is 4. The molecule has 0 amide bonds. The molecule has 4 nitrogen and oxygen atoms in total. The average molecular weight is 272 g/mol. The number of benzene rings is 1. The molecule has 1 aromatic heterocycles. The van der Waals surface area contributed by atoms with Gasteiger partial charge in [0.05, 0.1) is 13.7 Å². The summed E-state index contributed by atoms with van der Waals surface area (Å²) in [6.07, 6.45) is 2.94. The smallest absolute Gasteiger partial charge is 0.134 e. The van der Waals surface area contributed by atoms with Gasteiger partial charge in [-0.2, -0.15) is 0 Å². The van der Waals surface area contributed by atoms with Gasteiger partial charge in [-0.3, -0.25) is 0 Å². The van der Waals surface area contributed by atoms with E-state index in [9.17, 15) is 0 Å². The molecule has 1 aliphatic heterocycles. The predicted molar refractivity (Wildman–Crippen MR) is 80.3 cm³/mol. The van der Waals surface area contributed by atoms with Crippen LogP contribution in [0, 0.1) is 5.92 Å². The van der Waals surface area contributed by atoms with Crippen molar-refractivity contribution in [2.24, 2.45) is 5.92 Å². The highest BCUT2D eigenvalue weighted by Crippen LogP contribution is 2.30. The van der Waals surface area contributed by atoms with Gasteiger partial charge in [-0.1, -0.05) is 12.1 Å². The Morgan fingerprint density at radius 3 is 3.00 bits per heavy atom. The van der Waals surface area contributed by atoms with Crippen LogP contribution in [0.3, 0.4) is 0 Å². The van der Waals surface area contributed by atoms with Gasteiger partial charge in [0.25, 0.3) is 0 Å². The molecule has 1 aromatic carbocycles. The number of anilines is 1. The molecule has 4 heteroatoms. The highest BCUT2D eigenvalue weighted by molar-refractivity contribution is 5.95. The molecule has 0 aliphatic carbocycles. The van der Waals surface area contributed by atoms with Gasteiger partial charge in [0, 0.05) is 35.5 Å². The molecule has 2 unspecified atom stereocenters. The summed E-state index contributed by atoms with van der Waals surface area (Å²) < 4.78 is 10.9. The summed E-state index contributed by atoms with van der Waals surface area (Å²) >= 11 is 0. The molecule has 0 radical (unpaired) electrons. The number of aromatic nitrogens is 1. The number of hydrogen-bond donors (Lipinski definition) is 1. The van der Waals surface area contributed by atoms with Gasteiger partial charge in [-0.15, -0.1) is 0 Å². The second-order valence-electron chi connectivity index (χ2n) is 5.27. The summed E-state index contributed by atoms with van der Waals surface area (Å²) in [4.78, 5) is 4.49. The van der Waals surface area contributed by atoms with Crippen molar-refractivity contribution >= 4 is 16.6 Å². The number of methoxy groups -OCH3 is 1. The van der Waals surface area contributed by atoms with Gasteiger partial charge in [0.2, 0.25) is 0 Å². The Balaban J connectivity index is 1.91. The van der Waals surface area contributed by atoms with Crippen LogP contribution in [0.4, 0.5) is 5.82 Å². The van der Waals surface area contributed by atoms with E-state index in [0.717, 1.165) is 42.0 Å². The number of fused-ring (bicyclic) bond motifs is 1. The van der Waals surface area contributed by atoms with Crippen molar-refractivity contribution in [2.45, 2.75) is 19.4 Å². The molecule has 1 saturated heterocycles. The molecule has 0 spiro atoms. The van der Waals surface area contributed by atoms with Gasteiger partial charge < -0.3 is 14.8 Å². The molecular weight excluding hydrogens is 252 g/mol. The normalized spacial score (nSPS) is 20.0. The summed E-state index contributed by atoms with van der Waals surface area (Å²) in [5.74, 6) is 2.35. The predicted octanol–water partition coefficient (Wildman–Crippen LogP) is 3.08. The molecule has 20 heavy (non-hydrogen) atoms. The Morgan fingerprint density at radius 1 is 1.35 bits per heavy atom. The minimum Gasteiger partial charge on any atom is -0.496 e. The first-order valence-electron chi connectivity index (χ1n) is 7.05. The van der Waals surface area contributed by atoms with E-state index in [-0.39, 0.29) is 0 Å². The van der Waals surface area contributed by atoms with E-state index in [4.69, 9.17) is 9.47 Å². The quantitative estimate of drug-likeness (QED) is 0.929. The fourth-order valence-corrected chi connectivity index (χ4v) is 2.75. The lowest BCUT2D eigenvalue weighted by Crippen LogP contribution is -2.26. The lowest BCUT2D eigenvalue weighted by molar-refractivity contribution is 0.183. The summed E-state index contributed by atoms with van der Waals surface area (Å²) in [5, 5.41) is 5.71. The van der Waals surface area contributed by atoms with Crippen molar-refractivity contribution in [3.05, 3.63) is 30.5 Å². The van der Waals surface area contributed by atoms with E-state index < -0.39 is 0 Å². The van der Waals surface area contributed by atoms with Crippen molar-refractivity contribution in [3.63, 3.8) is 0 Å². The number of hydrogen-bond acceptors (Lipinski definition) is 4. The topological polar surface area (TPSA) is 43.4 Å². The fraction of sp³-hybridized carbons (Fsp3) is 0.438. The van der Waals surface area contributed by atoms with Crippen LogP contribution < -0.4 is 10.1 Å². The number of ether oxygens (including phenoxy) is 2. The second kappa shape index (κ2) is 5.67. The zero-order valence-corrected chi connectivity index (χ0v) is 11.9. The standard InChI is InChI=1S/C16H20N2O2/c1-11(12-7-9-20-10-12)18-16-14-4-3-5-15(19-2)13(14)6-8-17-16/h3-6,8,11-12H,7,9-10H2,1-2H3,(H,17,18). The van der Waals surface area contributed by atoms with Crippen LogP contribution in [-0.4, -0.2) is 31.3 Å². The lowest BCUT2D eigenvalue weighted by atomic mass is 10.0. The van der Waals surface area contributed by atoms with E-state index in [1.807, 2.05) is 24.4 Å². The van der Waals surface area contributed by atoms with E-state index in [2.05, 4.69) is 23.3 Å². The summed E-state index contributed by atoms with van der Waals surface area (Å²) in [7, 11) is 1.70. The zero-order chi connectivity index (χ0) is 13.9. The average Bonchev–Trinajstić information content (AvgIpc) is 3.01. The maximum atomic E-state index is 5.46. The molecule has 2 heterocycles. The minimum absolute atomic E-state index is 0.349. The number of pyridine rings is 1. The van der Waals surface area contributed by atoms with Crippen LogP contribution >= 0.6 is 0 Å². The zero-order valence-electron chi connectivity index (χ0n) is 11.9. The van der Waals surface area contributed by atoms with Crippen molar-refractivity contribution in [3.8, 4) is 5.75 Å². The van der Waals surface area contributed by atoms with Crippen molar-refractivity contribution in [1.82, 2.24) is 4.98 Å². The third-order valence-electron chi connectivity index (χ3n) is 4.02. The molecule has 0 saturated carbocycles. The number of nitrogens with one attached hydrogen (secondary N) is 1. The molecule has 1 aliphatic rings. The highest BCUT2D eigenvalue weighted by atomic mass is 16.5. The second-order valence-corrected chi connectivity index (χ2v) is 5.27. The fourth-order valence-electron chi connectivity index (χ4n) is 2.75. The monoisotopic (exact) mass is 272 g/mol. The van der Waals surface area contributed by atoms with Gasteiger partial charge in [-0.05, 0) is 25.5 Å². The van der Waals surface area contributed by atoms with Crippen LogP contribution in [0.1, 0.15) is 13.3 Å². The summed E-state index contributed by atoms with van der Waals surface area (Å²) in [5.41, 5.74) is 0. The summed E-state index contributed by atoms with van der Waals surface area (Å²) in [6.45, 7) is 3.90. The van der Waals surface area contributed by atoms with Crippen molar-refractivity contribution < 1.29 is 9.47 Å². The lowest BCUT2D eigenvalue weighted by Gasteiger charge is -2.21. The first kappa shape index (κ1) is 13.2. The molecule has 2 aromatic rings. The van der Waals surface area contributed by atoms with Crippen LogP contribution in [-0.2, 0) is 4.74 Å². The van der Waals surface area contributed by atoms with Gasteiger partial charge >= 0.3 is 0 Å². The molecule has 1 fully saturated rings. The Labute approximate surface area is 119 Å². The van der Waals surface area contributed by atoms with Crippen LogP contribution in [0.25, 0.3) is 10.8 Å². The maximum Gasteiger partial charge on any atom is 0.134 e. The maximum absolute atomic E-state index is 5.46. The summed E-state index contributed by atoms with van der Waals surface area (Å²) in [6, 6.07) is 8.38. The van der Waals surface area contributed by atoms with Gasteiger partial charge in [0.1, 0.15) is 11.6 Å². The molecule has 106 valence electrons. The third kappa shape index (κ3) is 2.43. The van der Waals surface area contributed by atoms with Gasteiger partial charge in [0.15, 0.2) is 0 Å². The van der Waals surface area contributed by atoms with Gasteiger partial charge in [-0.25, -0.2) is 4.98 Å². The highest BCUT2D eigenvalue weighted by Gasteiger charge is 2.22. The Hall–Kier alpha value is -1.81. The molecule has 0 bridgehead atoms. The van der Waals surface area contributed by atoms with E-state index in [1.165, 1.54) is 0 Å².